The minimum absolute atomic E-state index is 1.13. The second-order valence-corrected chi connectivity index (χ2v) is 7.62. The topological polar surface area (TPSA) is 4.41 Å². The lowest BCUT2D eigenvalue weighted by molar-refractivity contribution is 1.37. The standard InChI is InChI=1S/C24H14BrN/c25-21-10-3-1-6-16(21)15-12-13-23-20(14-15)19-9-5-8-18-17-7-2-4-11-22(17)26(23)24(18)19/h1-14H. The van der Waals surface area contributed by atoms with Crippen LogP contribution in [0, 0.1) is 0 Å². The van der Waals surface area contributed by atoms with Crippen LogP contribution in [0.5, 0.6) is 0 Å². The molecule has 0 atom stereocenters. The van der Waals surface area contributed by atoms with Crippen molar-refractivity contribution < 1.29 is 0 Å². The van der Waals surface area contributed by atoms with E-state index in [1.807, 2.05) is 0 Å². The van der Waals surface area contributed by atoms with Crippen LogP contribution in [-0.4, -0.2) is 4.40 Å². The summed E-state index contributed by atoms with van der Waals surface area (Å²) in [4.78, 5) is 0. The van der Waals surface area contributed by atoms with Gasteiger partial charge in [-0.1, -0.05) is 76.6 Å². The van der Waals surface area contributed by atoms with E-state index < -0.39 is 0 Å². The molecule has 0 radical (unpaired) electrons. The molecule has 0 fully saturated rings. The molecule has 2 aromatic heterocycles. The lowest BCUT2D eigenvalue weighted by atomic mass is 10.0. The van der Waals surface area contributed by atoms with Crippen LogP contribution in [0.1, 0.15) is 0 Å². The van der Waals surface area contributed by atoms with Crippen molar-refractivity contribution in [2.45, 2.75) is 0 Å². The zero-order chi connectivity index (χ0) is 17.3. The summed E-state index contributed by atoms with van der Waals surface area (Å²) >= 11 is 3.69. The van der Waals surface area contributed by atoms with Gasteiger partial charge in [0.2, 0.25) is 0 Å². The van der Waals surface area contributed by atoms with Gasteiger partial charge in [0.1, 0.15) is 0 Å². The van der Waals surface area contributed by atoms with E-state index in [0.29, 0.717) is 0 Å². The van der Waals surface area contributed by atoms with E-state index in [9.17, 15) is 0 Å². The molecule has 0 aliphatic carbocycles. The Bertz CT molecular complexity index is 1440. The number of hydrogen-bond donors (Lipinski definition) is 0. The van der Waals surface area contributed by atoms with Crippen LogP contribution in [0.2, 0.25) is 0 Å². The molecule has 2 heterocycles. The van der Waals surface area contributed by atoms with Crippen molar-refractivity contribution in [1.29, 1.82) is 0 Å². The molecule has 2 heteroatoms. The Labute approximate surface area is 158 Å². The second kappa shape index (κ2) is 5.09. The molecule has 1 nitrogen and oxygen atoms in total. The van der Waals surface area contributed by atoms with Crippen molar-refractivity contribution in [3.63, 3.8) is 0 Å². The summed E-state index contributed by atoms with van der Waals surface area (Å²) in [5, 5.41) is 5.29. The quantitative estimate of drug-likeness (QED) is 0.275. The highest BCUT2D eigenvalue weighted by molar-refractivity contribution is 9.10. The van der Waals surface area contributed by atoms with E-state index in [4.69, 9.17) is 0 Å². The van der Waals surface area contributed by atoms with Gasteiger partial charge >= 0.3 is 0 Å². The molecule has 0 aliphatic rings. The van der Waals surface area contributed by atoms with E-state index in [-0.39, 0.29) is 0 Å². The molecule has 0 aliphatic heterocycles. The van der Waals surface area contributed by atoms with Crippen LogP contribution in [0.15, 0.2) is 89.4 Å². The summed E-state index contributed by atoms with van der Waals surface area (Å²) in [6.45, 7) is 0. The Kier molecular flexibility index (Phi) is 2.81. The number of benzene rings is 4. The first-order valence-corrected chi connectivity index (χ1v) is 9.54. The second-order valence-electron chi connectivity index (χ2n) is 6.77. The minimum Gasteiger partial charge on any atom is -0.308 e. The van der Waals surface area contributed by atoms with Gasteiger partial charge in [0.05, 0.1) is 16.6 Å². The predicted octanol–water partition coefficient (Wildman–Crippen LogP) is 7.27. The molecule has 122 valence electrons. The Balaban J connectivity index is 1.80. The third kappa shape index (κ3) is 1.75. The van der Waals surface area contributed by atoms with Crippen molar-refractivity contribution >= 4 is 54.0 Å². The first-order chi connectivity index (χ1) is 12.8. The molecule has 0 spiro atoms. The van der Waals surface area contributed by atoms with E-state index in [1.165, 1.54) is 49.2 Å². The lowest BCUT2D eigenvalue weighted by Crippen LogP contribution is -1.82. The van der Waals surface area contributed by atoms with Gasteiger partial charge in [0.25, 0.3) is 0 Å². The van der Waals surface area contributed by atoms with E-state index in [1.54, 1.807) is 0 Å². The number of aromatic nitrogens is 1. The van der Waals surface area contributed by atoms with Crippen molar-refractivity contribution in [1.82, 2.24) is 4.40 Å². The Morgan fingerprint density at radius 3 is 2.15 bits per heavy atom. The Morgan fingerprint density at radius 1 is 0.577 bits per heavy atom. The summed E-state index contributed by atoms with van der Waals surface area (Å²) < 4.78 is 3.54. The summed E-state index contributed by atoms with van der Waals surface area (Å²) in [6.07, 6.45) is 0. The van der Waals surface area contributed by atoms with Crippen LogP contribution < -0.4 is 0 Å². The van der Waals surface area contributed by atoms with Gasteiger partial charge in [0.15, 0.2) is 0 Å². The van der Waals surface area contributed by atoms with Gasteiger partial charge in [-0.15, -0.1) is 0 Å². The molecule has 0 saturated carbocycles. The van der Waals surface area contributed by atoms with Gasteiger partial charge in [-0.2, -0.15) is 0 Å². The Hall–Kier alpha value is -2.84. The molecule has 0 bridgehead atoms. The highest BCUT2D eigenvalue weighted by Crippen LogP contribution is 2.40. The van der Waals surface area contributed by atoms with Gasteiger partial charge < -0.3 is 4.40 Å². The average molecular weight is 396 g/mol. The molecule has 26 heavy (non-hydrogen) atoms. The predicted molar refractivity (Wildman–Crippen MR) is 114 cm³/mol. The number of para-hydroxylation sites is 2. The highest BCUT2D eigenvalue weighted by atomic mass is 79.9. The van der Waals surface area contributed by atoms with Crippen LogP contribution in [0.25, 0.3) is 49.2 Å². The highest BCUT2D eigenvalue weighted by Gasteiger charge is 2.17. The molecular weight excluding hydrogens is 382 g/mol. The molecule has 6 aromatic rings. The van der Waals surface area contributed by atoms with Crippen molar-refractivity contribution in [2.75, 3.05) is 0 Å². The van der Waals surface area contributed by atoms with Crippen LogP contribution in [-0.2, 0) is 0 Å². The number of halogens is 1. The maximum Gasteiger partial charge on any atom is 0.0620 e. The summed E-state index contributed by atoms with van der Waals surface area (Å²) in [5.41, 5.74) is 6.34. The average Bonchev–Trinajstić information content (AvgIpc) is 3.20. The van der Waals surface area contributed by atoms with Gasteiger partial charge in [-0.25, -0.2) is 0 Å². The summed E-state index contributed by atoms with van der Waals surface area (Å²) in [7, 11) is 0. The van der Waals surface area contributed by atoms with Gasteiger partial charge in [-0.05, 0) is 35.4 Å². The first-order valence-electron chi connectivity index (χ1n) is 8.75. The Morgan fingerprint density at radius 2 is 1.27 bits per heavy atom. The number of fused-ring (bicyclic) bond motifs is 6. The number of nitrogens with zero attached hydrogens (tertiary/aromatic N) is 1. The fourth-order valence-electron chi connectivity index (χ4n) is 4.30. The van der Waals surface area contributed by atoms with E-state index in [0.717, 1.165) is 4.47 Å². The molecule has 6 rings (SSSR count). The van der Waals surface area contributed by atoms with Crippen LogP contribution in [0.4, 0.5) is 0 Å². The third-order valence-electron chi connectivity index (χ3n) is 5.41. The minimum atomic E-state index is 1.13. The maximum absolute atomic E-state index is 3.69. The number of hydrogen-bond acceptors (Lipinski definition) is 0. The maximum atomic E-state index is 3.69. The monoisotopic (exact) mass is 395 g/mol. The number of rotatable bonds is 1. The molecule has 0 N–H and O–H groups in total. The molecular formula is C24H14BrN. The molecule has 4 aromatic carbocycles. The third-order valence-corrected chi connectivity index (χ3v) is 6.10. The summed E-state index contributed by atoms with van der Waals surface area (Å²) in [6, 6.07) is 30.6. The smallest absolute Gasteiger partial charge is 0.0620 e. The van der Waals surface area contributed by atoms with Crippen LogP contribution >= 0.6 is 15.9 Å². The zero-order valence-electron chi connectivity index (χ0n) is 13.9. The SMILES string of the molecule is Brc1ccccc1-c1ccc2c(c1)c1cccc3c4ccccc4n2c31. The fourth-order valence-corrected chi connectivity index (χ4v) is 4.81. The van der Waals surface area contributed by atoms with E-state index in [2.05, 4.69) is 105 Å². The largest absolute Gasteiger partial charge is 0.308 e. The van der Waals surface area contributed by atoms with Crippen molar-refractivity contribution in [3.05, 3.63) is 89.4 Å². The van der Waals surface area contributed by atoms with Crippen molar-refractivity contribution in [3.8, 4) is 11.1 Å². The normalized spacial score (nSPS) is 12.0. The van der Waals surface area contributed by atoms with Gasteiger partial charge in [0, 0.05) is 26.0 Å². The lowest BCUT2D eigenvalue weighted by Gasteiger charge is -2.05. The first kappa shape index (κ1) is 14.3. The van der Waals surface area contributed by atoms with Gasteiger partial charge in [-0.3, -0.25) is 0 Å². The summed E-state index contributed by atoms with van der Waals surface area (Å²) in [5.74, 6) is 0. The zero-order valence-corrected chi connectivity index (χ0v) is 15.5. The molecule has 0 unspecified atom stereocenters. The molecule has 0 saturated heterocycles. The van der Waals surface area contributed by atoms with Crippen molar-refractivity contribution in [2.24, 2.45) is 0 Å². The molecule has 0 amide bonds. The van der Waals surface area contributed by atoms with E-state index >= 15 is 0 Å². The van der Waals surface area contributed by atoms with Crippen LogP contribution in [0.3, 0.4) is 0 Å². The fraction of sp³-hybridized carbons (Fsp3) is 0.